The quantitative estimate of drug-likeness (QED) is 0.753. The molecule has 21 heavy (non-hydrogen) atoms. The van der Waals surface area contributed by atoms with Gasteiger partial charge in [0.05, 0.1) is 16.3 Å². The number of benzene rings is 2. The van der Waals surface area contributed by atoms with Crippen LogP contribution in [0.3, 0.4) is 0 Å². The van der Waals surface area contributed by atoms with Crippen molar-refractivity contribution in [2.24, 2.45) is 0 Å². The average Bonchev–Trinajstić information content (AvgIpc) is 2.88. The molecule has 1 aliphatic carbocycles. The Bertz CT molecular complexity index is 728. The van der Waals surface area contributed by atoms with E-state index in [9.17, 15) is 9.90 Å². The summed E-state index contributed by atoms with van der Waals surface area (Å²) in [5.74, 6) is -1.06. The Balaban J connectivity index is 2.00. The van der Waals surface area contributed by atoms with Crippen molar-refractivity contribution in [2.45, 2.75) is 19.3 Å². The Kier molecular flexibility index (Phi) is 3.47. The highest BCUT2D eigenvalue weighted by Crippen LogP contribution is 2.33. The molecule has 2 aromatic rings. The van der Waals surface area contributed by atoms with Gasteiger partial charge in [0, 0.05) is 11.4 Å². The van der Waals surface area contributed by atoms with Crippen LogP contribution in [0.25, 0.3) is 0 Å². The molecule has 0 bridgehead atoms. The van der Waals surface area contributed by atoms with E-state index in [0.717, 1.165) is 18.5 Å². The van der Waals surface area contributed by atoms with Crippen LogP contribution in [-0.2, 0) is 12.8 Å². The van der Waals surface area contributed by atoms with Crippen LogP contribution < -0.4 is 11.1 Å². The summed E-state index contributed by atoms with van der Waals surface area (Å²) >= 11 is 6.14. The number of aromatic carboxylic acids is 1. The van der Waals surface area contributed by atoms with Crippen LogP contribution in [0.15, 0.2) is 30.3 Å². The van der Waals surface area contributed by atoms with E-state index in [2.05, 4.69) is 17.4 Å². The zero-order valence-electron chi connectivity index (χ0n) is 11.3. The van der Waals surface area contributed by atoms with Gasteiger partial charge < -0.3 is 16.2 Å². The van der Waals surface area contributed by atoms with Crippen molar-refractivity contribution in [2.75, 3.05) is 11.1 Å². The van der Waals surface area contributed by atoms with E-state index in [1.54, 1.807) is 6.07 Å². The van der Waals surface area contributed by atoms with Gasteiger partial charge in [0.25, 0.3) is 0 Å². The summed E-state index contributed by atoms with van der Waals surface area (Å²) in [7, 11) is 0. The number of hydrogen-bond acceptors (Lipinski definition) is 3. The molecule has 3 rings (SSSR count). The number of halogens is 1. The fourth-order valence-corrected chi connectivity index (χ4v) is 2.99. The third-order valence-corrected chi connectivity index (χ3v) is 4.01. The molecule has 0 aliphatic heterocycles. The van der Waals surface area contributed by atoms with Crippen LogP contribution in [0, 0.1) is 0 Å². The normalized spacial score (nSPS) is 13.0. The number of anilines is 3. The number of nitrogens with two attached hydrogens (primary N) is 1. The standard InChI is InChI=1S/C16H15ClN2O2/c17-14-8-11(18)7-13(16(20)21)15(14)19-12-5-4-9-2-1-3-10(9)6-12/h4-8,19H,1-3,18H2,(H,20,21). The fraction of sp³-hybridized carbons (Fsp3) is 0.188. The minimum atomic E-state index is -1.06. The van der Waals surface area contributed by atoms with Gasteiger partial charge in [-0.3, -0.25) is 0 Å². The second-order valence-electron chi connectivity index (χ2n) is 5.19. The Morgan fingerprint density at radius 3 is 2.71 bits per heavy atom. The lowest BCUT2D eigenvalue weighted by atomic mass is 10.1. The zero-order chi connectivity index (χ0) is 15.0. The number of hydrogen-bond donors (Lipinski definition) is 3. The predicted molar refractivity (Wildman–Crippen MR) is 84.6 cm³/mol. The Morgan fingerprint density at radius 1 is 1.19 bits per heavy atom. The number of carboxylic acids is 1. The van der Waals surface area contributed by atoms with Crippen molar-refractivity contribution in [1.29, 1.82) is 0 Å². The third kappa shape index (κ3) is 2.67. The highest BCUT2D eigenvalue weighted by molar-refractivity contribution is 6.34. The van der Waals surface area contributed by atoms with Crippen LogP contribution >= 0.6 is 11.6 Å². The largest absolute Gasteiger partial charge is 0.478 e. The first-order chi connectivity index (χ1) is 10.0. The van der Waals surface area contributed by atoms with Gasteiger partial charge in [0.15, 0.2) is 0 Å². The molecule has 0 spiro atoms. The van der Waals surface area contributed by atoms with Gasteiger partial charge in [0.2, 0.25) is 0 Å². The summed E-state index contributed by atoms with van der Waals surface area (Å²) in [6.45, 7) is 0. The second-order valence-corrected chi connectivity index (χ2v) is 5.60. The third-order valence-electron chi connectivity index (χ3n) is 3.71. The monoisotopic (exact) mass is 302 g/mol. The van der Waals surface area contributed by atoms with Gasteiger partial charge in [0.1, 0.15) is 0 Å². The molecule has 0 atom stereocenters. The number of nitrogens with one attached hydrogen (secondary N) is 1. The van der Waals surface area contributed by atoms with Gasteiger partial charge in [-0.25, -0.2) is 4.79 Å². The Labute approximate surface area is 127 Å². The average molecular weight is 303 g/mol. The fourth-order valence-electron chi connectivity index (χ4n) is 2.72. The van der Waals surface area contributed by atoms with Crippen molar-refractivity contribution in [1.82, 2.24) is 0 Å². The van der Waals surface area contributed by atoms with Gasteiger partial charge in [-0.05, 0) is 54.7 Å². The smallest absolute Gasteiger partial charge is 0.337 e. The first-order valence-corrected chi connectivity index (χ1v) is 7.13. The van der Waals surface area contributed by atoms with Crippen molar-refractivity contribution in [3.8, 4) is 0 Å². The van der Waals surface area contributed by atoms with Gasteiger partial charge in [-0.1, -0.05) is 17.7 Å². The maximum Gasteiger partial charge on any atom is 0.337 e. The molecule has 0 radical (unpaired) electrons. The first kappa shape index (κ1) is 13.8. The van der Waals surface area contributed by atoms with Crippen LogP contribution in [0.4, 0.5) is 17.1 Å². The molecule has 0 saturated carbocycles. The van der Waals surface area contributed by atoms with E-state index < -0.39 is 5.97 Å². The first-order valence-electron chi connectivity index (χ1n) is 6.76. The van der Waals surface area contributed by atoms with E-state index >= 15 is 0 Å². The summed E-state index contributed by atoms with van der Waals surface area (Å²) in [4.78, 5) is 11.3. The van der Waals surface area contributed by atoms with Crippen LogP contribution in [-0.4, -0.2) is 11.1 Å². The molecule has 5 heteroatoms. The molecular formula is C16H15ClN2O2. The number of carboxylic acid groups (broad SMARTS) is 1. The lowest BCUT2D eigenvalue weighted by Crippen LogP contribution is -2.05. The number of carbonyl (C=O) groups is 1. The van der Waals surface area contributed by atoms with Crippen molar-refractivity contribution in [3.05, 3.63) is 52.0 Å². The Hall–Kier alpha value is -2.20. The van der Waals surface area contributed by atoms with Crippen molar-refractivity contribution < 1.29 is 9.90 Å². The maximum absolute atomic E-state index is 11.3. The molecule has 108 valence electrons. The number of nitrogen functional groups attached to an aromatic ring is 1. The van der Waals surface area contributed by atoms with E-state index in [-0.39, 0.29) is 5.56 Å². The molecule has 0 aromatic heterocycles. The molecule has 4 N–H and O–H groups in total. The molecule has 0 heterocycles. The molecule has 2 aromatic carbocycles. The summed E-state index contributed by atoms with van der Waals surface area (Å²) in [5, 5.41) is 12.7. The topological polar surface area (TPSA) is 75.3 Å². The molecular weight excluding hydrogens is 288 g/mol. The molecule has 1 aliphatic rings. The van der Waals surface area contributed by atoms with Crippen LogP contribution in [0.1, 0.15) is 27.9 Å². The summed E-state index contributed by atoms with van der Waals surface area (Å²) in [6.07, 6.45) is 3.34. The van der Waals surface area contributed by atoms with Crippen molar-refractivity contribution >= 4 is 34.6 Å². The SMILES string of the molecule is Nc1cc(Cl)c(Nc2ccc3c(c2)CCC3)c(C(=O)O)c1. The minimum absolute atomic E-state index is 0.0699. The summed E-state index contributed by atoms with van der Waals surface area (Å²) in [6, 6.07) is 9.03. The summed E-state index contributed by atoms with van der Waals surface area (Å²) in [5.41, 5.74) is 9.94. The summed E-state index contributed by atoms with van der Waals surface area (Å²) < 4.78 is 0. The molecule has 4 nitrogen and oxygen atoms in total. The maximum atomic E-state index is 11.3. The molecule has 0 fully saturated rings. The van der Waals surface area contributed by atoms with E-state index in [4.69, 9.17) is 17.3 Å². The second kappa shape index (κ2) is 5.30. The van der Waals surface area contributed by atoms with Gasteiger partial charge >= 0.3 is 5.97 Å². The Morgan fingerprint density at radius 2 is 1.95 bits per heavy atom. The lowest BCUT2D eigenvalue weighted by Gasteiger charge is -2.13. The minimum Gasteiger partial charge on any atom is -0.478 e. The van der Waals surface area contributed by atoms with Gasteiger partial charge in [-0.2, -0.15) is 0 Å². The highest BCUT2D eigenvalue weighted by Gasteiger charge is 2.16. The van der Waals surface area contributed by atoms with Crippen molar-refractivity contribution in [3.63, 3.8) is 0 Å². The van der Waals surface area contributed by atoms with Crippen LogP contribution in [0.2, 0.25) is 5.02 Å². The van der Waals surface area contributed by atoms with E-state index in [1.165, 1.54) is 23.6 Å². The number of rotatable bonds is 3. The van der Waals surface area contributed by atoms with E-state index in [0.29, 0.717) is 16.4 Å². The number of fused-ring (bicyclic) bond motifs is 1. The van der Waals surface area contributed by atoms with Crippen LogP contribution in [0.5, 0.6) is 0 Å². The highest BCUT2D eigenvalue weighted by atomic mass is 35.5. The number of aryl methyl sites for hydroxylation is 2. The predicted octanol–water partition coefficient (Wildman–Crippen LogP) is 3.85. The van der Waals surface area contributed by atoms with E-state index in [1.807, 2.05) is 6.07 Å². The molecule has 0 unspecified atom stereocenters. The lowest BCUT2D eigenvalue weighted by molar-refractivity contribution is 0.0698. The molecule has 0 amide bonds. The zero-order valence-corrected chi connectivity index (χ0v) is 12.1. The molecule has 0 saturated heterocycles. The van der Waals surface area contributed by atoms with Gasteiger partial charge in [-0.15, -0.1) is 0 Å².